The number of para-hydroxylation sites is 1. The Morgan fingerprint density at radius 1 is 0.909 bits per heavy atom. The molecule has 0 radical (unpaired) electrons. The van der Waals surface area contributed by atoms with Crippen LogP contribution in [0.25, 0.3) is 6.08 Å². The van der Waals surface area contributed by atoms with E-state index in [9.17, 15) is 4.79 Å². The Balaban J connectivity index is 1.41. The maximum absolute atomic E-state index is 13.0. The van der Waals surface area contributed by atoms with Gasteiger partial charge in [0.15, 0.2) is 0 Å². The van der Waals surface area contributed by atoms with Gasteiger partial charge in [0.2, 0.25) is 0 Å². The van der Waals surface area contributed by atoms with Gasteiger partial charge in [0, 0.05) is 5.56 Å². The highest BCUT2D eigenvalue weighted by Crippen LogP contribution is 2.35. The van der Waals surface area contributed by atoms with E-state index in [1.54, 1.807) is 4.90 Å². The number of amides is 1. The largest absolute Gasteiger partial charge is 0.490 e. The quantitative estimate of drug-likeness (QED) is 0.222. The fraction of sp³-hybridized carbons (Fsp3) is 0.185. The highest BCUT2D eigenvalue weighted by Gasteiger charge is 2.32. The number of aryl methyl sites for hydroxylation is 2. The standard InChI is InChI=1S/C27H25NO3S2/c1-19-12-13-20(2)24(16-19)31-15-14-30-23-11-7-6-10-22(23)17-25-26(29)28(27(32)33-25)18-21-8-4-3-5-9-21/h3-13,16-17H,14-15,18H2,1-2H3/b25-17-. The summed E-state index contributed by atoms with van der Waals surface area (Å²) >= 11 is 6.80. The third-order valence-electron chi connectivity index (χ3n) is 5.20. The van der Waals surface area contributed by atoms with Crippen molar-refractivity contribution in [3.63, 3.8) is 0 Å². The summed E-state index contributed by atoms with van der Waals surface area (Å²) in [5, 5.41) is 0. The molecule has 0 aliphatic carbocycles. The van der Waals surface area contributed by atoms with Gasteiger partial charge >= 0.3 is 0 Å². The van der Waals surface area contributed by atoms with Gasteiger partial charge in [-0.1, -0.05) is 84.6 Å². The highest BCUT2D eigenvalue weighted by atomic mass is 32.2. The number of thiocarbonyl (C=S) groups is 1. The second kappa shape index (κ2) is 10.7. The summed E-state index contributed by atoms with van der Waals surface area (Å²) in [6, 6.07) is 23.7. The first-order valence-corrected chi connectivity index (χ1v) is 11.9. The molecular weight excluding hydrogens is 450 g/mol. The summed E-state index contributed by atoms with van der Waals surface area (Å²) in [6.07, 6.45) is 1.85. The molecule has 0 spiro atoms. The van der Waals surface area contributed by atoms with E-state index in [1.807, 2.05) is 80.6 Å². The smallest absolute Gasteiger partial charge is 0.266 e. The van der Waals surface area contributed by atoms with E-state index in [0.29, 0.717) is 34.7 Å². The SMILES string of the molecule is Cc1ccc(C)c(OCCOc2ccccc2/C=C2\SC(=S)N(Cc3ccccc3)C2=O)c1. The van der Waals surface area contributed by atoms with E-state index in [1.165, 1.54) is 11.8 Å². The summed E-state index contributed by atoms with van der Waals surface area (Å²) in [5.74, 6) is 1.49. The molecule has 1 aliphatic rings. The summed E-state index contributed by atoms with van der Waals surface area (Å²) in [4.78, 5) is 15.2. The molecule has 6 heteroatoms. The molecule has 0 unspecified atom stereocenters. The second-order valence-electron chi connectivity index (χ2n) is 7.76. The van der Waals surface area contributed by atoms with Crippen LogP contribution in [-0.2, 0) is 11.3 Å². The molecule has 0 aromatic heterocycles. The lowest BCUT2D eigenvalue weighted by atomic mass is 10.1. The van der Waals surface area contributed by atoms with Gasteiger partial charge in [-0.3, -0.25) is 9.69 Å². The van der Waals surface area contributed by atoms with Crippen molar-refractivity contribution >= 4 is 40.3 Å². The molecular formula is C27H25NO3S2. The monoisotopic (exact) mass is 475 g/mol. The van der Waals surface area contributed by atoms with Crippen molar-refractivity contribution in [1.29, 1.82) is 0 Å². The van der Waals surface area contributed by atoms with E-state index in [4.69, 9.17) is 21.7 Å². The van der Waals surface area contributed by atoms with E-state index in [2.05, 4.69) is 12.1 Å². The Morgan fingerprint density at radius 2 is 1.61 bits per heavy atom. The third-order valence-corrected chi connectivity index (χ3v) is 6.58. The number of ether oxygens (including phenoxy) is 2. The Hall–Kier alpha value is -3.09. The number of nitrogens with zero attached hydrogens (tertiary/aromatic N) is 1. The Kier molecular flexibility index (Phi) is 7.47. The Morgan fingerprint density at radius 3 is 2.39 bits per heavy atom. The van der Waals surface area contributed by atoms with Crippen LogP contribution in [0.1, 0.15) is 22.3 Å². The third kappa shape index (κ3) is 5.83. The van der Waals surface area contributed by atoms with Crippen molar-refractivity contribution in [1.82, 2.24) is 4.90 Å². The maximum Gasteiger partial charge on any atom is 0.266 e. The average molecular weight is 476 g/mol. The molecule has 4 rings (SSSR count). The van der Waals surface area contributed by atoms with Crippen molar-refractivity contribution in [2.24, 2.45) is 0 Å². The van der Waals surface area contributed by atoms with E-state index < -0.39 is 0 Å². The van der Waals surface area contributed by atoms with E-state index >= 15 is 0 Å². The van der Waals surface area contributed by atoms with Crippen LogP contribution in [0.5, 0.6) is 11.5 Å². The van der Waals surface area contributed by atoms with Gasteiger partial charge in [-0.2, -0.15) is 0 Å². The van der Waals surface area contributed by atoms with Gasteiger partial charge in [0.05, 0.1) is 11.4 Å². The lowest BCUT2D eigenvalue weighted by Crippen LogP contribution is -2.27. The van der Waals surface area contributed by atoms with Gasteiger partial charge in [0.25, 0.3) is 5.91 Å². The lowest BCUT2D eigenvalue weighted by Gasteiger charge is -2.14. The fourth-order valence-electron chi connectivity index (χ4n) is 3.44. The molecule has 168 valence electrons. The Bertz CT molecular complexity index is 1190. The second-order valence-corrected chi connectivity index (χ2v) is 9.43. The summed E-state index contributed by atoms with van der Waals surface area (Å²) in [6.45, 7) is 5.36. The average Bonchev–Trinajstić information content (AvgIpc) is 3.08. The van der Waals surface area contributed by atoms with Crippen LogP contribution >= 0.6 is 24.0 Å². The molecule has 1 fully saturated rings. The number of hydrogen-bond donors (Lipinski definition) is 0. The van der Waals surface area contributed by atoms with Crippen LogP contribution in [0.4, 0.5) is 0 Å². The Labute approximate surface area is 204 Å². The molecule has 0 bridgehead atoms. The topological polar surface area (TPSA) is 38.8 Å². The number of benzene rings is 3. The molecule has 33 heavy (non-hydrogen) atoms. The van der Waals surface area contributed by atoms with Crippen LogP contribution in [0.2, 0.25) is 0 Å². The van der Waals surface area contributed by atoms with Gasteiger partial charge in [-0.05, 0) is 48.7 Å². The minimum absolute atomic E-state index is 0.0816. The molecule has 3 aromatic rings. The van der Waals surface area contributed by atoms with Crippen molar-refractivity contribution in [3.05, 3.63) is 100.0 Å². The molecule has 0 N–H and O–H groups in total. The molecule has 0 atom stereocenters. The predicted octanol–water partition coefficient (Wildman–Crippen LogP) is 6.16. The van der Waals surface area contributed by atoms with Gasteiger partial charge in [-0.25, -0.2) is 0 Å². The van der Waals surface area contributed by atoms with Crippen LogP contribution in [-0.4, -0.2) is 28.3 Å². The van der Waals surface area contributed by atoms with Crippen LogP contribution in [0.3, 0.4) is 0 Å². The first kappa shape index (κ1) is 23.1. The zero-order valence-electron chi connectivity index (χ0n) is 18.6. The normalized spacial score (nSPS) is 14.7. The first-order chi connectivity index (χ1) is 16.0. The van der Waals surface area contributed by atoms with E-state index in [-0.39, 0.29) is 5.91 Å². The number of rotatable bonds is 8. The molecule has 1 amide bonds. The number of hydrogen-bond acceptors (Lipinski definition) is 5. The molecule has 4 nitrogen and oxygen atoms in total. The molecule has 1 aliphatic heterocycles. The minimum atomic E-state index is -0.0816. The predicted molar refractivity (Wildman–Crippen MR) is 139 cm³/mol. The summed E-state index contributed by atoms with van der Waals surface area (Å²) in [7, 11) is 0. The lowest BCUT2D eigenvalue weighted by molar-refractivity contribution is -0.122. The first-order valence-electron chi connectivity index (χ1n) is 10.7. The van der Waals surface area contributed by atoms with E-state index in [0.717, 1.165) is 28.0 Å². The number of carbonyl (C=O) groups is 1. The summed E-state index contributed by atoms with van der Waals surface area (Å²) < 4.78 is 12.4. The van der Waals surface area contributed by atoms with Crippen LogP contribution < -0.4 is 9.47 Å². The fourth-order valence-corrected chi connectivity index (χ4v) is 4.69. The van der Waals surface area contributed by atoms with Crippen molar-refractivity contribution in [2.75, 3.05) is 13.2 Å². The number of carbonyl (C=O) groups excluding carboxylic acids is 1. The highest BCUT2D eigenvalue weighted by molar-refractivity contribution is 8.26. The summed E-state index contributed by atoms with van der Waals surface area (Å²) in [5.41, 5.74) is 4.14. The van der Waals surface area contributed by atoms with Gasteiger partial charge < -0.3 is 9.47 Å². The van der Waals surface area contributed by atoms with Crippen molar-refractivity contribution in [3.8, 4) is 11.5 Å². The zero-order chi connectivity index (χ0) is 23.2. The molecule has 3 aromatic carbocycles. The maximum atomic E-state index is 13.0. The van der Waals surface area contributed by atoms with Gasteiger partial charge in [-0.15, -0.1) is 0 Å². The van der Waals surface area contributed by atoms with Crippen LogP contribution in [0.15, 0.2) is 77.7 Å². The zero-order valence-corrected chi connectivity index (χ0v) is 20.2. The van der Waals surface area contributed by atoms with Gasteiger partial charge in [0.1, 0.15) is 29.0 Å². The molecule has 0 saturated carbocycles. The molecule has 1 saturated heterocycles. The van der Waals surface area contributed by atoms with Crippen LogP contribution in [0, 0.1) is 13.8 Å². The number of thioether (sulfide) groups is 1. The molecule has 1 heterocycles. The minimum Gasteiger partial charge on any atom is -0.490 e. The van der Waals surface area contributed by atoms with Crippen molar-refractivity contribution in [2.45, 2.75) is 20.4 Å². The van der Waals surface area contributed by atoms with Crippen molar-refractivity contribution < 1.29 is 14.3 Å².